The van der Waals surface area contributed by atoms with Crippen molar-refractivity contribution in [2.24, 2.45) is 0 Å². The predicted molar refractivity (Wildman–Crippen MR) is 124 cm³/mol. The van der Waals surface area contributed by atoms with Gasteiger partial charge in [0, 0.05) is 31.2 Å². The lowest BCUT2D eigenvalue weighted by Crippen LogP contribution is -2.47. The summed E-state index contributed by atoms with van der Waals surface area (Å²) < 4.78 is 28.9. The van der Waals surface area contributed by atoms with Gasteiger partial charge >= 0.3 is 0 Å². The summed E-state index contributed by atoms with van der Waals surface area (Å²) in [5, 5.41) is 10.1. The fourth-order valence-corrected chi connectivity index (χ4v) is 5.94. The Morgan fingerprint density at radius 3 is 2.29 bits per heavy atom. The molecule has 1 aliphatic heterocycles. The number of nitrogens with zero attached hydrogens (tertiary/aromatic N) is 2. The summed E-state index contributed by atoms with van der Waals surface area (Å²) in [4.78, 5) is 2.59. The van der Waals surface area contributed by atoms with E-state index in [4.69, 9.17) is 0 Å². The van der Waals surface area contributed by atoms with E-state index in [1.54, 1.807) is 34.6 Å². The number of phenols is 1. The SMILES string of the molecule is Cc1cccc(N(C2CCN(Cc3ccccc3O)CC2)S(=O)(=O)c2ccccc2)c1. The highest BCUT2D eigenvalue weighted by Crippen LogP contribution is 2.31. The Morgan fingerprint density at radius 2 is 1.61 bits per heavy atom. The fraction of sp³-hybridized carbons (Fsp3) is 0.280. The zero-order valence-corrected chi connectivity index (χ0v) is 18.5. The van der Waals surface area contributed by atoms with E-state index < -0.39 is 10.0 Å². The molecule has 0 spiro atoms. The van der Waals surface area contributed by atoms with Crippen molar-refractivity contribution in [1.82, 2.24) is 4.90 Å². The van der Waals surface area contributed by atoms with E-state index in [1.807, 2.05) is 55.5 Å². The van der Waals surface area contributed by atoms with Gasteiger partial charge in [-0.25, -0.2) is 8.42 Å². The van der Waals surface area contributed by atoms with Crippen LogP contribution in [0.15, 0.2) is 83.8 Å². The van der Waals surface area contributed by atoms with E-state index in [0.717, 1.165) is 37.1 Å². The molecule has 0 aliphatic carbocycles. The number of likely N-dealkylation sites (tertiary alicyclic amines) is 1. The second-order valence-corrected chi connectivity index (χ2v) is 9.90. The smallest absolute Gasteiger partial charge is 0.264 e. The molecule has 1 saturated heterocycles. The maximum Gasteiger partial charge on any atom is 0.264 e. The Bertz CT molecular complexity index is 1120. The highest BCUT2D eigenvalue weighted by molar-refractivity contribution is 7.92. The van der Waals surface area contributed by atoms with Crippen LogP contribution in [0.3, 0.4) is 0 Å². The monoisotopic (exact) mass is 436 g/mol. The molecule has 0 radical (unpaired) electrons. The first-order valence-electron chi connectivity index (χ1n) is 10.6. The molecular weight excluding hydrogens is 408 g/mol. The number of sulfonamides is 1. The molecule has 5 nitrogen and oxygen atoms in total. The fourth-order valence-electron chi connectivity index (χ4n) is 4.21. The average molecular weight is 437 g/mol. The summed E-state index contributed by atoms with van der Waals surface area (Å²) >= 11 is 0. The molecule has 0 bridgehead atoms. The number of phenolic OH excluding ortho intramolecular Hbond substituents is 1. The number of aryl methyl sites for hydroxylation is 1. The van der Waals surface area contributed by atoms with Crippen molar-refractivity contribution in [2.45, 2.75) is 37.2 Å². The molecule has 0 saturated carbocycles. The highest BCUT2D eigenvalue weighted by Gasteiger charge is 2.34. The molecule has 31 heavy (non-hydrogen) atoms. The Hall–Kier alpha value is -2.83. The summed E-state index contributed by atoms with van der Waals surface area (Å²) in [6.45, 7) is 4.18. The van der Waals surface area contributed by atoms with Crippen LogP contribution in [0, 0.1) is 6.92 Å². The topological polar surface area (TPSA) is 60.9 Å². The molecule has 1 heterocycles. The number of piperidine rings is 1. The minimum absolute atomic E-state index is 0.118. The summed E-state index contributed by atoms with van der Waals surface area (Å²) in [6.07, 6.45) is 1.46. The number of anilines is 1. The maximum absolute atomic E-state index is 13.6. The van der Waals surface area contributed by atoms with Gasteiger partial charge in [0.25, 0.3) is 10.0 Å². The zero-order chi connectivity index (χ0) is 21.8. The predicted octanol–water partition coefficient (Wildman–Crippen LogP) is 4.56. The number of hydrogen-bond donors (Lipinski definition) is 1. The quantitative estimate of drug-likeness (QED) is 0.615. The lowest BCUT2D eigenvalue weighted by atomic mass is 10.0. The lowest BCUT2D eigenvalue weighted by Gasteiger charge is -2.39. The summed E-state index contributed by atoms with van der Waals surface area (Å²) in [5.74, 6) is 0.303. The molecule has 1 fully saturated rings. The summed E-state index contributed by atoms with van der Waals surface area (Å²) in [6, 6.07) is 23.6. The van der Waals surface area contributed by atoms with Crippen molar-refractivity contribution in [2.75, 3.05) is 17.4 Å². The zero-order valence-electron chi connectivity index (χ0n) is 17.7. The lowest BCUT2D eigenvalue weighted by molar-refractivity contribution is 0.204. The van der Waals surface area contributed by atoms with Crippen molar-refractivity contribution >= 4 is 15.7 Å². The number of hydrogen-bond acceptors (Lipinski definition) is 4. The molecule has 162 valence electrons. The standard InChI is InChI=1S/C25H28N2O3S/c1-20-8-7-10-23(18-20)27(31(29,30)24-11-3-2-4-12-24)22-14-16-26(17-15-22)19-21-9-5-6-13-25(21)28/h2-13,18,22,28H,14-17,19H2,1H3. The molecule has 1 aliphatic rings. The van der Waals surface area contributed by atoms with Crippen LogP contribution in [0.2, 0.25) is 0 Å². The van der Waals surface area contributed by atoms with Crippen LogP contribution in [0.4, 0.5) is 5.69 Å². The Labute approximate surface area is 184 Å². The van der Waals surface area contributed by atoms with Gasteiger partial charge in [0.1, 0.15) is 5.75 Å². The number of benzene rings is 3. The van der Waals surface area contributed by atoms with Crippen LogP contribution < -0.4 is 4.31 Å². The van der Waals surface area contributed by atoms with Crippen LogP contribution >= 0.6 is 0 Å². The third kappa shape index (κ3) is 4.75. The van der Waals surface area contributed by atoms with Crippen LogP contribution in [-0.2, 0) is 16.6 Å². The molecular formula is C25H28N2O3S. The highest BCUT2D eigenvalue weighted by atomic mass is 32.2. The molecule has 6 heteroatoms. The number of aromatic hydroxyl groups is 1. The van der Waals surface area contributed by atoms with Gasteiger partial charge < -0.3 is 5.11 Å². The van der Waals surface area contributed by atoms with Gasteiger partial charge in [-0.15, -0.1) is 0 Å². The van der Waals surface area contributed by atoms with E-state index in [0.29, 0.717) is 22.9 Å². The van der Waals surface area contributed by atoms with E-state index in [-0.39, 0.29) is 6.04 Å². The first-order valence-corrected chi connectivity index (χ1v) is 12.0. The largest absolute Gasteiger partial charge is 0.508 e. The van der Waals surface area contributed by atoms with Crippen LogP contribution in [0.1, 0.15) is 24.0 Å². The first kappa shape index (κ1) is 21.4. The van der Waals surface area contributed by atoms with Gasteiger partial charge in [-0.05, 0) is 55.7 Å². The average Bonchev–Trinajstić information content (AvgIpc) is 2.77. The van der Waals surface area contributed by atoms with Gasteiger partial charge in [-0.1, -0.05) is 48.5 Å². The maximum atomic E-state index is 13.6. The van der Waals surface area contributed by atoms with E-state index in [1.165, 1.54) is 0 Å². The summed E-state index contributed by atoms with van der Waals surface area (Å²) in [7, 11) is -3.68. The van der Waals surface area contributed by atoms with Crippen molar-refractivity contribution < 1.29 is 13.5 Å². The van der Waals surface area contributed by atoms with Crippen molar-refractivity contribution in [1.29, 1.82) is 0 Å². The molecule has 1 N–H and O–H groups in total. The minimum Gasteiger partial charge on any atom is -0.508 e. The summed E-state index contributed by atoms with van der Waals surface area (Å²) in [5.41, 5.74) is 2.64. The third-order valence-corrected chi connectivity index (χ3v) is 7.73. The third-order valence-electron chi connectivity index (χ3n) is 5.83. The molecule has 0 unspecified atom stereocenters. The minimum atomic E-state index is -3.68. The van der Waals surface area contributed by atoms with Crippen molar-refractivity contribution in [3.8, 4) is 5.75 Å². The van der Waals surface area contributed by atoms with E-state index in [9.17, 15) is 13.5 Å². The Kier molecular flexibility index (Phi) is 6.30. The van der Waals surface area contributed by atoms with Gasteiger partial charge in [-0.2, -0.15) is 0 Å². The van der Waals surface area contributed by atoms with Crippen molar-refractivity contribution in [3.63, 3.8) is 0 Å². The number of para-hydroxylation sites is 1. The molecule has 4 rings (SSSR count). The van der Waals surface area contributed by atoms with Gasteiger partial charge in [0.05, 0.1) is 10.6 Å². The molecule has 0 amide bonds. The number of rotatable bonds is 6. The van der Waals surface area contributed by atoms with Crippen LogP contribution in [-0.4, -0.2) is 37.6 Å². The van der Waals surface area contributed by atoms with Gasteiger partial charge in [0.2, 0.25) is 0 Å². The molecule has 0 atom stereocenters. The molecule has 0 aromatic heterocycles. The Morgan fingerprint density at radius 1 is 0.935 bits per heavy atom. The van der Waals surface area contributed by atoms with Crippen LogP contribution in [0.5, 0.6) is 5.75 Å². The van der Waals surface area contributed by atoms with E-state index in [2.05, 4.69) is 4.90 Å². The van der Waals surface area contributed by atoms with Crippen LogP contribution in [0.25, 0.3) is 0 Å². The second kappa shape index (κ2) is 9.12. The Balaban J connectivity index is 1.58. The van der Waals surface area contributed by atoms with Crippen molar-refractivity contribution in [3.05, 3.63) is 90.0 Å². The van der Waals surface area contributed by atoms with E-state index >= 15 is 0 Å². The van der Waals surface area contributed by atoms with Gasteiger partial charge in [-0.3, -0.25) is 9.21 Å². The second-order valence-electron chi connectivity index (χ2n) is 8.09. The molecule has 3 aromatic carbocycles. The first-order chi connectivity index (χ1) is 14.9. The van der Waals surface area contributed by atoms with Gasteiger partial charge in [0.15, 0.2) is 0 Å². The normalized spacial score (nSPS) is 15.6. The molecule has 3 aromatic rings.